The Bertz CT molecular complexity index is 570. The molecular weight excluding hydrogens is 282 g/mol. The first-order chi connectivity index (χ1) is 10.7. The molecule has 0 aliphatic carbocycles. The minimum atomic E-state index is -0.239. The summed E-state index contributed by atoms with van der Waals surface area (Å²) in [6, 6.07) is 7.40. The summed E-state index contributed by atoms with van der Waals surface area (Å²) in [7, 11) is 1.60. The van der Waals surface area contributed by atoms with Gasteiger partial charge in [-0.05, 0) is 12.1 Å². The highest BCUT2D eigenvalue weighted by atomic mass is 16.5. The Morgan fingerprint density at radius 2 is 2.09 bits per heavy atom. The zero-order chi connectivity index (χ0) is 15.5. The smallest absolute Gasteiger partial charge is 0.228 e. The Morgan fingerprint density at radius 3 is 2.82 bits per heavy atom. The maximum absolute atomic E-state index is 12.5. The SMILES string of the molecule is COc1cccc(N2CC(C(=O)N3CCNCC3)CC2=O)c1. The number of amides is 2. The van der Waals surface area contributed by atoms with E-state index in [1.807, 2.05) is 29.2 Å². The fourth-order valence-electron chi connectivity index (χ4n) is 3.04. The maximum atomic E-state index is 12.5. The van der Waals surface area contributed by atoms with Crippen LogP contribution in [-0.4, -0.2) is 56.5 Å². The zero-order valence-corrected chi connectivity index (χ0v) is 12.7. The molecule has 0 spiro atoms. The van der Waals surface area contributed by atoms with E-state index in [4.69, 9.17) is 4.74 Å². The van der Waals surface area contributed by atoms with Gasteiger partial charge in [-0.15, -0.1) is 0 Å². The summed E-state index contributed by atoms with van der Waals surface area (Å²) >= 11 is 0. The Balaban J connectivity index is 1.71. The number of carbonyl (C=O) groups excluding carboxylic acids is 2. The van der Waals surface area contributed by atoms with Gasteiger partial charge in [0.2, 0.25) is 11.8 Å². The molecule has 118 valence electrons. The van der Waals surface area contributed by atoms with Crippen molar-refractivity contribution in [2.24, 2.45) is 5.92 Å². The van der Waals surface area contributed by atoms with Gasteiger partial charge in [-0.1, -0.05) is 6.07 Å². The molecule has 1 atom stereocenters. The lowest BCUT2D eigenvalue weighted by Gasteiger charge is -2.29. The van der Waals surface area contributed by atoms with Crippen molar-refractivity contribution in [2.75, 3.05) is 44.7 Å². The van der Waals surface area contributed by atoms with Crippen LogP contribution in [0.15, 0.2) is 24.3 Å². The maximum Gasteiger partial charge on any atom is 0.228 e. The molecule has 0 bridgehead atoms. The molecule has 6 nitrogen and oxygen atoms in total. The van der Waals surface area contributed by atoms with E-state index in [2.05, 4.69) is 5.32 Å². The summed E-state index contributed by atoms with van der Waals surface area (Å²) < 4.78 is 5.20. The van der Waals surface area contributed by atoms with E-state index >= 15 is 0 Å². The largest absolute Gasteiger partial charge is 0.497 e. The van der Waals surface area contributed by atoms with Crippen molar-refractivity contribution in [1.29, 1.82) is 0 Å². The van der Waals surface area contributed by atoms with Crippen LogP contribution in [0.2, 0.25) is 0 Å². The summed E-state index contributed by atoms with van der Waals surface area (Å²) in [5.74, 6) is 0.570. The number of rotatable bonds is 3. The molecule has 2 fully saturated rings. The molecule has 3 rings (SSSR count). The third-order valence-corrected chi connectivity index (χ3v) is 4.27. The Labute approximate surface area is 130 Å². The Morgan fingerprint density at radius 1 is 1.32 bits per heavy atom. The predicted molar refractivity (Wildman–Crippen MR) is 82.9 cm³/mol. The molecule has 1 aromatic carbocycles. The number of methoxy groups -OCH3 is 1. The number of carbonyl (C=O) groups is 2. The highest BCUT2D eigenvalue weighted by Crippen LogP contribution is 2.28. The molecule has 22 heavy (non-hydrogen) atoms. The van der Waals surface area contributed by atoms with Crippen molar-refractivity contribution < 1.29 is 14.3 Å². The fourth-order valence-corrected chi connectivity index (χ4v) is 3.04. The summed E-state index contributed by atoms with van der Waals surface area (Å²) in [4.78, 5) is 28.4. The molecule has 2 saturated heterocycles. The Kier molecular flexibility index (Phi) is 4.29. The van der Waals surface area contributed by atoms with Crippen molar-refractivity contribution in [1.82, 2.24) is 10.2 Å². The van der Waals surface area contributed by atoms with E-state index in [-0.39, 0.29) is 17.7 Å². The van der Waals surface area contributed by atoms with Gasteiger partial charge in [-0.2, -0.15) is 0 Å². The summed E-state index contributed by atoms with van der Waals surface area (Å²) in [6.45, 7) is 3.55. The normalized spacial score (nSPS) is 22.0. The van der Waals surface area contributed by atoms with Crippen LogP contribution in [0.25, 0.3) is 0 Å². The highest BCUT2D eigenvalue weighted by molar-refractivity contribution is 6.00. The molecule has 1 N–H and O–H groups in total. The van der Waals surface area contributed by atoms with Gasteiger partial charge in [0.05, 0.1) is 13.0 Å². The third kappa shape index (κ3) is 2.92. The second kappa shape index (κ2) is 6.36. The minimum Gasteiger partial charge on any atom is -0.497 e. The van der Waals surface area contributed by atoms with E-state index in [1.165, 1.54) is 0 Å². The van der Waals surface area contributed by atoms with Gasteiger partial charge in [-0.25, -0.2) is 0 Å². The van der Waals surface area contributed by atoms with Crippen molar-refractivity contribution >= 4 is 17.5 Å². The summed E-state index contributed by atoms with van der Waals surface area (Å²) in [5, 5.41) is 3.23. The number of nitrogens with zero attached hydrogens (tertiary/aromatic N) is 2. The average Bonchev–Trinajstić information content (AvgIpc) is 2.97. The van der Waals surface area contributed by atoms with Gasteiger partial charge in [-0.3, -0.25) is 9.59 Å². The van der Waals surface area contributed by atoms with Gasteiger partial charge < -0.3 is 19.9 Å². The molecule has 1 unspecified atom stereocenters. The molecule has 0 aromatic heterocycles. The highest BCUT2D eigenvalue weighted by Gasteiger charge is 2.37. The molecule has 2 aliphatic heterocycles. The lowest BCUT2D eigenvalue weighted by molar-refractivity contribution is -0.136. The van der Waals surface area contributed by atoms with Crippen LogP contribution in [0, 0.1) is 5.92 Å². The standard InChI is InChI=1S/C16H21N3O3/c1-22-14-4-2-3-13(10-14)19-11-12(9-15(19)20)16(21)18-7-5-17-6-8-18/h2-4,10,12,17H,5-9,11H2,1H3. The van der Waals surface area contributed by atoms with E-state index in [1.54, 1.807) is 12.0 Å². The Hall–Kier alpha value is -2.08. The van der Waals surface area contributed by atoms with Crippen LogP contribution in [-0.2, 0) is 9.59 Å². The first kappa shape index (κ1) is 14.8. The molecular formula is C16H21N3O3. The molecule has 0 radical (unpaired) electrons. The van der Waals surface area contributed by atoms with Crippen LogP contribution in [0.4, 0.5) is 5.69 Å². The second-order valence-electron chi connectivity index (χ2n) is 5.68. The monoisotopic (exact) mass is 303 g/mol. The average molecular weight is 303 g/mol. The number of piperazine rings is 1. The number of hydrogen-bond donors (Lipinski definition) is 1. The quantitative estimate of drug-likeness (QED) is 0.882. The van der Waals surface area contributed by atoms with Crippen LogP contribution < -0.4 is 15.0 Å². The molecule has 2 heterocycles. The van der Waals surface area contributed by atoms with Gasteiger partial charge in [0.15, 0.2) is 0 Å². The predicted octanol–water partition coefficient (Wildman–Crippen LogP) is 0.480. The number of nitrogens with one attached hydrogen (secondary N) is 1. The molecule has 2 amide bonds. The van der Waals surface area contributed by atoms with E-state index in [0.717, 1.165) is 31.9 Å². The number of hydrogen-bond acceptors (Lipinski definition) is 4. The zero-order valence-electron chi connectivity index (χ0n) is 12.7. The van der Waals surface area contributed by atoms with Gasteiger partial charge in [0.25, 0.3) is 0 Å². The van der Waals surface area contributed by atoms with Crippen LogP contribution in [0.1, 0.15) is 6.42 Å². The number of benzene rings is 1. The van der Waals surface area contributed by atoms with Gasteiger partial charge in [0, 0.05) is 50.9 Å². The number of ether oxygens (including phenoxy) is 1. The first-order valence-corrected chi connectivity index (χ1v) is 7.63. The van der Waals surface area contributed by atoms with E-state index in [9.17, 15) is 9.59 Å². The van der Waals surface area contributed by atoms with Crippen molar-refractivity contribution in [3.63, 3.8) is 0 Å². The molecule has 2 aliphatic rings. The van der Waals surface area contributed by atoms with E-state index in [0.29, 0.717) is 18.7 Å². The van der Waals surface area contributed by atoms with Crippen LogP contribution >= 0.6 is 0 Å². The first-order valence-electron chi connectivity index (χ1n) is 7.63. The van der Waals surface area contributed by atoms with Crippen LogP contribution in [0.3, 0.4) is 0 Å². The third-order valence-electron chi connectivity index (χ3n) is 4.27. The fraction of sp³-hybridized carbons (Fsp3) is 0.500. The van der Waals surface area contributed by atoms with Gasteiger partial charge >= 0.3 is 0 Å². The summed E-state index contributed by atoms with van der Waals surface area (Å²) in [5.41, 5.74) is 0.792. The van der Waals surface area contributed by atoms with Crippen molar-refractivity contribution in [3.05, 3.63) is 24.3 Å². The van der Waals surface area contributed by atoms with Crippen molar-refractivity contribution in [3.8, 4) is 5.75 Å². The second-order valence-corrected chi connectivity index (χ2v) is 5.68. The molecule has 0 saturated carbocycles. The topological polar surface area (TPSA) is 61.9 Å². The molecule has 6 heteroatoms. The number of anilines is 1. The molecule has 1 aromatic rings. The van der Waals surface area contributed by atoms with Crippen molar-refractivity contribution in [2.45, 2.75) is 6.42 Å². The van der Waals surface area contributed by atoms with Gasteiger partial charge in [0.1, 0.15) is 5.75 Å². The lowest BCUT2D eigenvalue weighted by atomic mass is 10.1. The van der Waals surface area contributed by atoms with Crippen LogP contribution in [0.5, 0.6) is 5.75 Å². The lowest BCUT2D eigenvalue weighted by Crippen LogP contribution is -2.48. The summed E-state index contributed by atoms with van der Waals surface area (Å²) in [6.07, 6.45) is 0.292. The minimum absolute atomic E-state index is 0.00161. The van der Waals surface area contributed by atoms with E-state index < -0.39 is 0 Å².